The van der Waals surface area contributed by atoms with Gasteiger partial charge in [-0.3, -0.25) is 15.0 Å². The molecule has 3 aromatic rings. The molecular formula is C36H45N3O10S. The molecule has 14 heteroatoms. The monoisotopic (exact) mass is 711 g/mol. The Morgan fingerprint density at radius 1 is 0.940 bits per heavy atom. The van der Waals surface area contributed by atoms with Gasteiger partial charge in [-0.2, -0.15) is 0 Å². The number of carbonyl (C=O) groups is 3. The third-order valence-corrected chi connectivity index (χ3v) is 8.95. The molecule has 0 atom stereocenters. The summed E-state index contributed by atoms with van der Waals surface area (Å²) in [4.78, 5) is 36.5. The van der Waals surface area contributed by atoms with Crippen molar-refractivity contribution < 1.29 is 46.9 Å². The first-order chi connectivity index (χ1) is 23.7. The highest BCUT2D eigenvalue weighted by Gasteiger charge is 2.32. The molecule has 0 fully saturated rings. The van der Waals surface area contributed by atoms with Crippen LogP contribution < -0.4 is 19.5 Å². The summed E-state index contributed by atoms with van der Waals surface area (Å²) in [5, 5.41) is 19.8. The van der Waals surface area contributed by atoms with Gasteiger partial charge in [-0.05, 0) is 74.1 Å². The maximum absolute atomic E-state index is 13.8. The molecule has 0 radical (unpaired) electrons. The fourth-order valence-electron chi connectivity index (χ4n) is 4.72. The highest BCUT2D eigenvalue weighted by atomic mass is 32.2. The van der Waals surface area contributed by atoms with E-state index in [1.54, 1.807) is 6.92 Å². The minimum atomic E-state index is -4.25. The van der Waals surface area contributed by atoms with Crippen molar-refractivity contribution in [1.82, 2.24) is 10.0 Å². The first-order valence-electron chi connectivity index (χ1n) is 16.0. The lowest BCUT2D eigenvalue weighted by Gasteiger charge is -2.21. The van der Waals surface area contributed by atoms with Crippen LogP contribution in [0.1, 0.15) is 69.2 Å². The van der Waals surface area contributed by atoms with Gasteiger partial charge in [0.1, 0.15) is 28.8 Å². The number of aliphatic hydroxyl groups excluding tert-OH is 1. The number of benzene rings is 3. The topological polar surface area (TPSA) is 190 Å². The number of sulfonamides is 1. The number of amidine groups is 1. The minimum Gasteiger partial charge on any atom is -0.487 e. The van der Waals surface area contributed by atoms with E-state index in [-0.39, 0.29) is 61.3 Å². The van der Waals surface area contributed by atoms with Crippen LogP contribution in [0.25, 0.3) is 0 Å². The lowest BCUT2D eigenvalue weighted by molar-refractivity contribution is -0.163. The molecule has 0 saturated heterocycles. The largest absolute Gasteiger partial charge is 0.487 e. The molecule has 0 aliphatic heterocycles. The van der Waals surface area contributed by atoms with Crippen molar-refractivity contribution in [3.05, 3.63) is 89.0 Å². The summed E-state index contributed by atoms with van der Waals surface area (Å²) in [7, 11) is -4.25. The molecule has 0 aromatic heterocycles. The van der Waals surface area contributed by atoms with Crippen LogP contribution in [0.15, 0.2) is 71.6 Å². The zero-order chi connectivity index (χ0) is 36.9. The Balaban J connectivity index is 1.84. The molecule has 0 spiro atoms. The number of ether oxygens (including phenoxy) is 4. The van der Waals surface area contributed by atoms with Gasteiger partial charge >= 0.3 is 11.9 Å². The molecule has 4 N–H and O–H groups in total. The van der Waals surface area contributed by atoms with Crippen molar-refractivity contribution >= 4 is 33.7 Å². The van der Waals surface area contributed by atoms with Crippen molar-refractivity contribution in [3.8, 4) is 11.5 Å². The van der Waals surface area contributed by atoms with E-state index in [0.29, 0.717) is 11.3 Å². The Hall–Kier alpha value is -4.79. The fourth-order valence-corrected chi connectivity index (χ4v) is 5.92. The van der Waals surface area contributed by atoms with Gasteiger partial charge in [-0.1, -0.05) is 56.3 Å². The van der Waals surface area contributed by atoms with Crippen molar-refractivity contribution in [2.24, 2.45) is 5.41 Å². The number of esters is 2. The zero-order valence-corrected chi connectivity index (χ0v) is 29.7. The predicted octanol–water partition coefficient (Wildman–Crippen LogP) is 4.20. The number of amides is 1. The van der Waals surface area contributed by atoms with Crippen LogP contribution in [0, 0.1) is 10.8 Å². The summed E-state index contributed by atoms with van der Waals surface area (Å²) < 4.78 is 51.4. The number of carbonyl (C=O) groups excluding carboxylic acids is 3. The van der Waals surface area contributed by atoms with Crippen LogP contribution in [0.5, 0.6) is 11.5 Å². The van der Waals surface area contributed by atoms with Gasteiger partial charge in [-0.15, -0.1) is 0 Å². The standard InChI is InChI=1S/C36H45N3O10S/c1-6-46-33(42)22-48-30-18-27(24(2)3)13-12-26(30)16-17-38-50(44,45)31-19-28(14-15-29(31)47-21-25-10-8-7-9-11-25)34(37)39-32(41)20-36(4,5)35(43)49-23-40/h7-15,18-19,24,38,40H,6,16-17,20-23H2,1-5H3,(H2,37,39,41). The van der Waals surface area contributed by atoms with Gasteiger partial charge in [0.2, 0.25) is 15.9 Å². The first kappa shape index (κ1) is 39.6. The SMILES string of the molecule is CCOC(=O)COc1cc(C(C)C)ccc1CCNS(=O)(=O)c1cc(C(=N)NC(=O)CC(C)(C)C(=O)OCO)ccc1OCc1ccccc1. The molecule has 270 valence electrons. The lowest BCUT2D eigenvalue weighted by Crippen LogP contribution is -2.37. The number of hydrogen-bond acceptors (Lipinski definition) is 11. The highest BCUT2D eigenvalue weighted by molar-refractivity contribution is 7.89. The quantitative estimate of drug-likeness (QED) is 0.0644. The highest BCUT2D eigenvalue weighted by Crippen LogP contribution is 2.28. The molecule has 3 rings (SSSR count). The molecule has 0 unspecified atom stereocenters. The summed E-state index contributed by atoms with van der Waals surface area (Å²) in [6.45, 7) is 7.75. The van der Waals surface area contributed by atoms with Gasteiger partial charge in [0.05, 0.1) is 12.0 Å². The van der Waals surface area contributed by atoms with Crippen molar-refractivity contribution in [2.45, 2.75) is 64.9 Å². The Bertz CT molecular complexity index is 1760. The smallest absolute Gasteiger partial charge is 0.344 e. The average molecular weight is 712 g/mol. The molecule has 0 saturated carbocycles. The Labute approximate surface area is 292 Å². The van der Waals surface area contributed by atoms with Crippen molar-refractivity contribution in [2.75, 3.05) is 26.6 Å². The number of nitrogens with one attached hydrogen (secondary N) is 3. The van der Waals surface area contributed by atoms with E-state index >= 15 is 0 Å². The van der Waals surface area contributed by atoms with Crippen LogP contribution in [0.3, 0.4) is 0 Å². The summed E-state index contributed by atoms with van der Waals surface area (Å²) in [6, 6.07) is 18.8. The molecular weight excluding hydrogens is 666 g/mol. The maximum atomic E-state index is 13.8. The van der Waals surface area contributed by atoms with E-state index in [0.717, 1.165) is 11.1 Å². The second-order valence-electron chi connectivity index (χ2n) is 12.2. The van der Waals surface area contributed by atoms with Gasteiger partial charge in [0.25, 0.3) is 0 Å². The van der Waals surface area contributed by atoms with Crippen LogP contribution in [-0.4, -0.2) is 63.8 Å². The second kappa shape index (κ2) is 18.3. The van der Waals surface area contributed by atoms with Crippen LogP contribution >= 0.6 is 0 Å². The van der Waals surface area contributed by atoms with Gasteiger partial charge in [-0.25, -0.2) is 17.9 Å². The van der Waals surface area contributed by atoms with E-state index in [4.69, 9.17) is 24.7 Å². The zero-order valence-electron chi connectivity index (χ0n) is 28.9. The summed E-state index contributed by atoms with van der Waals surface area (Å²) in [6.07, 6.45) is -0.140. The Kier molecular flexibility index (Phi) is 14.5. The molecule has 50 heavy (non-hydrogen) atoms. The molecule has 0 aliphatic carbocycles. The second-order valence-corrected chi connectivity index (χ2v) is 14.0. The lowest BCUT2D eigenvalue weighted by atomic mass is 9.89. The van der Waals surface area contributed by atoms with Gasteiger partial charge in [0.15, 0.2) is 13.4 Å². The minimum absolute atomic E-state index is 0.0249. The van der Waals surface area contributed by atoms with Crippen molar-refractivity contribution in [1.29, 1.82) is 5.41 Å². The third-order valence-electron chi connectivity index (χ3n) is 7.47. The predicted molar refractivity (Wildman–Crippen MR) is 185 cm³/mol. The molecule has 3 aromatic carbocycles. The molecule has 0 heterocycles. The maximum Gasteiger partial charge on any atom is 0.344 e. The number of rotatable bonds is 18. The van der Waals surface area contributed by atoms with E-state index in [2.05, 4.69) is 14.8 Å². The summed E-state index contributed by atoms with van der Waals surface area (Å²) >= 11 is 0. The summed E-state index contributed by atoms with van der Waals surface area (Å²) in [5.41, 5.74) is 1.23. The normalized spacial score (nSPS) is 11.5. The van der Waals surface area contributed by atoms with E-state index in [1.807, 2.05) is 62.4 Å². The third kappa shape index (κ3) is 11.7. The van der Waals surface area contributed by atoms with Crippen LogP contribution in [0.4, 0.5) is 0 Å². The molecule has 13 nitrogen and oxygen atoms in total. The Morgan fingerprint density at radius 2 is 1.66 bits per heavy atom. The van der Waals surface area contributed by atoms with E-state index in [9.17, 15) is 22.8 Å². The molecule has 0 bridgehead atoms. The van der Waals surface area contributed by atoms with Gasteiger partial charge < -0.3 is 29.4 Å². The van der Waals surface area contributed by atoms with E-state index in [1.165, 1.54) is 32.0 Å². The Morgan fingerprint density at radius 3 is 2.32 bits per heavy atom. The molecule has 1 amide bonds. The van der Waals surface area contributed by atoms with Crippen molar-refractivity contribution in [3.63, 3.8) is 0 Å². The molecule has 0 aliphatic rings. The number of hydrogen-bond donors (Lipinski definition) is 4. The van der Waals surface area contributed by atoms with Gasteiger partial charge in [0, 0.05) is 18.5 Å². The summed E-state index contributed by atoms with van der Waals surface area (Å²) in [5.74, 6) is -1.76. The van der Waals surface area contributed by atoms with E-state index < -0.39 is 45.9 Å². The fraction of sp³-hybridized carbons (Fsp3) is 0.389. The van der Waals surface area contributed by atoms with Crippen LogP contribution in [0.2, 0.25) is 0 Å². The number of aliphatic hydroxyl groups is 1. The average Bonchev–Trinajstić information content (AvgIpc) is 3.07. The van der Waals surface area contributed by atoms with Crippen LogP contribution in [-0.2, 0) is 46.9 Å². The first-order valence-corrected chi connectivity index (χ1v) is 17.5.